The Bertz CT molecular complexity index is 355. The van der Waals surface area contributed by atoms with Crippen LogP contribution in [0.15, 0.2) is 18.3 Å². The van der Waals surface area contributed by atoms with Crippen molar-refractivity contribution in [2.24, 2.45) is 0 Å². The summed E-state index contributed by atoms with van der Waals surface area (Å²) < 4.78 is 5.91. The van der Waals surface area contributed by atoms with E-state index in [9.17, 15) is 0 Å². The summed E-state index contributed by atoms with van der Waals surface area (Å²) in [5, 5.41) is 3.30. The number of hydrogen-bond acceptors (Lipinski definition) is 3. The minimum atomic E-state index is 0.340. The van der Waals surface area contributed by atoms with Crippen molar-refractivity contribution in [2.45, 2.75) is 72.0 Å². The summed E-state index contributed by atoms with van der Waals surface area (Å²) in [5.74, 6) is 0.948. The molecule has 0 saturated heterocycles. The number of nitrogens with zero attached hydrogens (tertiary/aromatic N) is 1. The highest BCUT2D eigenvalue weighted by molar-refractivity contribution is 5.37. The van der Waals surface area contributed by atoms with Crippen molar-refractivity contribution < 1.29 is 4.74 Å². The van der Waals surface area contributed by atoms with Gasteiger partial charge in [-0.1, -0.05) is 39.5 Å². The van der Waals surface area contributed by atoms with Crippen LogP contribution in [-0.4, -0.2) is 17.6 Å². The molecule has 3 heteroatoms. The van der Waals surface area contributed by atoms with Gasteiger partial charge in [0, 0.05) is 12.7 Å². The van der Waals surface area contributed by atoms with Gasteiger partial charge in [0.05, 0.1) is 12.7 Å². The van der Waals surface area contributed by atoms with Gasteiger partial charge >= 0.3 is 0 Å². The Hall–Kier alpha value is -1.09. The zero-order valence-corrected chi connectivity index (χ0v) is 13.3. The largest absolute Gasteiger partial charge is 0.374 e. The third-order valence-corrected chi connectivity index (χ3v) is 3.38. The van der Waals surface area contributed by atoms with Gasteiger partial charge < -0.3 is 10.1 Å². The van der Waals surface area contributed by atoms with Gasteiger partial charge in [-0.25, -0.2) is 4.98 Å². The van der Waals surface area contributed by atoms with Crippen LogP contribution >= 0.6 is 0 Å². The lowest BCUT2D eigenvalue weighted by Crippen LogP contribution is -2.08. The number of nitrogens with one attached hydrogen (secondary N) is 1. The zero-order chi connectivity index (χ0) is 14.6. The van der Waals surface area contributed by atoms with Crippen molar-refractivity contribution in [1.82, 2.24) is 4.98 Å². The quantitative estimate of drug-likeness (QED) is 0.591. The lowest BCUT2D eigenvalue weighted by molar-refractivity contribution is 0.0459. The average Bonchev–Trinajstić information content (AvgIpc) is 2.48. The maximum Gasteiger partial charge on any atom is 0.126 e. The Balaban J connectivity index is 2.26. The molecule has 0 radical (unpaired) electrons. The fraction of sp³-hybridized carbons (Fsp3) is 0.706. The first-order valence-electron chi connectivity index (χ1n) is 8.06. The van der Waals surface area contributed by atoms with Crippen LogP contribution in [0.2, 0.25) is 0 Å². The number of unbranched alkanes of at least 4 members (excludes halogenated alkanes) is 3. The molecule has 1 unspecified atom stereocenters. The van der Waals surface area contributed by atoms with E-state index < -0.39 is 0 Å². The zero-order valence-electron chi connectivity index (χ0n) is 13.3. The molecule has 0 spiro atoms. The highest BCUT2D eigenvalue weighted by atomic mass is 16.5. The molecule has 0 fully saturated rings. The minimum Gasteiger partial charge on any atom is -0.374 e. The van der Waals surface area contributed by atoms with E-state index in [-0.39, 0.29) is 0 Å². The van der Waals surface area contributed by atoms with Gasteiger partial charge in [-0.3, -0.25) is 0 Å². The normalized spacial score (nSPS) is 12.3. The molecule has 0 aromatic carbocycles. The van der Waals surface area contributed by atoms with Crippen molar-refractivity contribution >= 4 is 5.82 Å². The van der Waals surface area contributed by atoms with Crippen LogP contribution in [0.1, 0.15) is 64.9 Å². The maximum absolute atomic E-state index is 5.91. The Labute approximate surface area is 124 Å². The first-order chi connectivity index (χ1) is 9.76. The molecular formula is C17H30N2O. The molecule has 114 valence electrons. The predicted molar refractivity (Wildman–Crippen MR) is 86.0 cm³/mol. The SMILES string of the molecule is CCCCCCC(C)OCc1ccnc(NCCC)c1. The lowest BCUT2D eigenvalue weighted by Gasteiger charge is -2.13. The molecule has 1 rings (SSSR count). The highest BCUT2D eigenvalue weighted by Gasteiger charge is 2.03. The highest BCUT2D eigenvalue weighted by Crippen LogP contribution is 2.12. The van der Waals surface area contributed by atoms with Crippen LogP contribution < -0.4 is 5.32 Å². The van der Waals surface area contributed by atoms with Crippen molar-refractivity contribution in [2.75, 3.05) is 11.9 Å². The third-order valence-electron chi connectivity index (χ3n) is 3.38. The molecule has 1 N–H and O–H groups in total. The molecule has 1 heterocycles. The van der Waals surface area contributed by atoms with Crippen molar-refractivity contribution in [3.63, 3.8) is 0 Å². The molecule has 0 bridgehead atoms. The molecule has 1 aromatic heterocycles. The van der Waals surface area contributed by atoms with Crippen LogP contribution in [0.5, 0.6) is 0 Å². The Morgan fingerprint density at radius 2 is 2.05 bits per heavy atom. The van der Waals surface area contributed by atoms with Crippen LogP contribution in [0.4, 0.5) is 5.82 Å². The van der Waals surface area contributed by atoms with Gasteiger partial charge in [-0.2, -0.15) is 0 Å². The fourth-order valence-corrected chi connectivity index (χ4v) is 2.09. The topological polar surface area (TPSA) is 34.1 Å². The second-order valence-corrected chi connectivity index (χ2v) is 5.45. The van der Waals surface area contributed by atoms with Crippen LogP contribution in [0, 0.1) is 0 Å². The van der Waals surface area contributed by atoms with E-state index >= 15 is 0 Å². The van der Waals surface area contributed by atoms with Gasteiger partial charge in [0.1, 0.15) is 5.82 Å². The Morgan fingerprint density at radius 1 is 1.20 bits per heavy atom. The van der Waals surface area contributed by atoms with Gasteiger partial charge in [-0.05, 0) is 37.5 Å². The Morgan fingerprint density at radius 3 is 2.80 bits per heavy atom. The number of pyridine rings is 1. The third kappa shape index (κ3) is 7.49. The number of anilines is 1. The van der Waals surface area contributed by atoms with E-state index in [0.29, 0.717) is 12.7 Å². The average molecular weight is 278 g/mol. The van der Waals surface area contributed by atoms with Crippen LogP contribution in [0.25, 0.3) is 0 Å². The summed E-state index contributed by atoms with van der Waals surface area (Å²) in [7, 11) is 0. The second-order valence-electron chi connectivity index (χ2n) is 5.45. The molecule has 0 amide bonds. The van der Waals surface area contributed by atoms with E-state index in [1.807, 2.05) is 12.3 Å². The summed E-state index contributed by atoms with van der Waals surface area (Å²) in [4.78, 5) is 4.31. The summed E-state index contributed by atoms with van der Waals surface area (Å²) in [6.45, 7) is 8.21. The number of hydrogen-bond donors (Lipinski definition) is 1. The number of ether oxygens (including phenoxy) is 1. The number of aromatic nitrogens is 1. The summed E-state index contributed by atoms with van der Waals surface area (Å²) in [5.41, 5.74) is 1.19. The monoisotopic (exact) mass is 278 g/mol. The van der Waals surface area contributed by atoms with Crippen LogP contribution in [0.3, 0.4) is 0 Å². The van der Waals surface area contributed by atoms with Crippen molar-refractivity contribution in [1.29, 1.82) is 0 Å². The Kier molecular flexibility index (Phi) is 9.05. The lowest BCUT2D eigenvalue weighted by atomic mass is 10.1. The van der Waals surface area contributed by atoms with Crippen molar-refractivity contribution in [3.05, 3.63) is 23.9 Å². The molecule has 3 nitrogen and oxygen atoms in total. The van der Waals surface area contributed by atoms with Crippen LogP contribution in [-0.2, 0) is 11.3 Å². The van der Waals surface area contributed by atoms with Gasteiger partial charge in [0.2, 0.25) is 0 Å². The molecule has 20 heavy (non-hydrogen) atoms. The summed E-state index contributed by atoms with van der Waals surface area (Å²) >= 11 is 0. The fourth-order valence-electron chi connectivity index (χ4n) is 2.09. The van der Waals surface area contributed by atoms with Gasteiger partial charge in [0.25, 0.3) is 0 Å². The molecule has 0 aliphatic carbocycles. The van der Waals surface area contributed by atoms with Gasteiger partial charge in [-0.15, -0.1) is 0 Å². The van der Waals surface area contributed by atoms with E-state index in [2.05, 4.69) is 37.1 Å². The molecule has 0 aliphatic heterocycles. The first-order valence-corrected chi connectivity index (χ1v) is 8.06. The van der Waals surface area contributed by atoms with Crippen molar-refractivity contribution in [3.8, 4) is 0 Å². The molecule has 1 aromatic rings. The standard InChI is InChI=1S/C17H30N2O/c1-4-6-7-8-9-15(3)20-14-16-10-12-19-17(13-16)18-11-5-2/h10,12-13,15H,4-9,11,14H2,1-3H3,(H,18,19). The van der Waals surface area contributed by atoms with E-state index in [1.54, 1.807) is 0 Å². The minimum absolute atomic E-state index is 0.340. The smallest absolute Gasteiger partial charge is 0.126 e. The predicted octanol–water partition coefficient (Wildman–Crippen LogP) is 4.78. The molecule has 0 saturated carbocycles. The van der Waals surface area contributed by atoms with E-state index in [4.69, 9.17) is 4.74 Å². The first kappa shape index (κ1) is 17.0. The molecule has 0 aliphatic rings. The summed E-state index contributed by atoms with van der Waals surface area (Å²) in [6.07, 6.45) is 9.68. The molecule has 1 atom stereocenters. The van der Waals surface area contributed by atoms with E-state index in [1.165, 1.54) is 31.2 Å². The maximum atomic E-state index is 5.91. The summed E-state index contributed by atoms with van der Waals surface area (Å²) in [6, 6.07) is 4.11. The van der Waals surface area contributed by atoms with Gasteiger partial charge in [0.15, 0.2) is 0 Å². The molecular weight excluding hydrogens is 248 g/mol. The second kappa shape index (κ2) is 10.7. The number of rotatable bonds is 11. The van der Waals surface area contributed by atoms with E-state index in [0.717, 1.165) is 25.2 Å².